The minimum Gasteiger partial charge on any atom is -0.348 e. The molecule has 0 aromatic heterocycles. The van der Waals surface area contributed by atoms with Crippen LogP contribution in [0, 0.1) is 12.7 Å². The molecule has 1 amide bonds. The fourth-order valence-corrected chi connectivity index (χ4v) is 2.24. The first-order valence-electron chi connectivity index (χ1n) is 7.22. The highest BCUT2D eigenvalue weighted by Crippen LogP contribution is 2.11. The molecule has 2 aromatic carbocycles. The quantitative estimate of drug-likeness (QED) is 0.920. The van der Waals surface area contributed by atoms with Gasteiger partial charge in [-0.05, 0) is 49.8 Å². The zero-order valence-electron chi connectivity index (χ0n) is 13.2. The molecular formula is C18H21FN2O. The van der Waals surface area contributed by atoms with E-state index in [1.165, 1.54) is 17.7 Å². The van der Waals surface area contributed by atoms with Crippen LogP contribution in [0.2, 0.25) is 0 Å². The van der Waals surface area contributed by atoms with Gasteiger partial charge >= 0.3 is 0 Å². The lowest BCUT2D eigenvalue weighted by atomic mass is 10.1. The van der Waals surface area contributed by atoms with E-state index in [1.54, 1.807) is 13.0 Å². The molecule has 1 N–H and O–H groups in total. The lowest BCUT2D eigenvalue weighted by Crippen LogP contribution is -2.23. The number of carbonyl (C=O) groups is 1. The molecule has 0 aliphatic rings. The van der Waals surface area contributed by atoms with Crippen molar-refractivity contribution in [1.82, 2.24) is 10.2 Å². The van der Waals surface area contributed by atoms with Crippen molar-refractivity contribution in [2.45, 2.75) is 20.0 Å². The maximum absolute atomic E-state index is 13.2. The Labute approximate surface area is 130 Å². The molecule has 2 aromatic rings. The van der Waals surface area contributed by atoms with Gasteiger partial charge in [-0.15, -0.1) is 0 Å². The molecule has 0 bridgehead atoms. The number of hydrogen-bond acceptors (Lipinski definition) is 2. The third kappa shape index (κ3) is 4.40. The smallest absolute Gasteiger partial charge is 0.251 e. The second kappa shape index (κ2) is 7.18. The van der Waals surface area contributed by atoms with Gasteiger partial charge in [0.2, 0.25) is 0 Å². The van der Waals surface area contributed by atoms with Crippen molar-refractivity contribution in [3.63, 3.8) is 0 Å². The van der Waals surface area contributed by atoms with Crippen LogP contribution >= 0.6 is 0 Å². The number of amides is 1. The number of hydrogen-bond donors (Lipinski definition) is 1. The molecule has 22 heavy (non-hydrogen) atoms. The van der Waals surface area contributed by atoms with Crippen LogP contribution in [0.25, 0.3) is 0 Å². The average Bonchev–Trinajstić information content (AvgIpc) is 2.48. The van der Waals surface area contributed by atoms with Crippen LogP contribution in [0.15, 0.2) is 42.5 Å². The second-order valence-electron chi connectivity index (χ2n) is 5.70. The Morgan fingerprint density at radius 2 is 1.73 bits per heavy atom. The number of nitrogens with one attached hydrogen (secondary N) is 1. The number of rotatable bonds is 5. The SMILES string of the molecule is Cc1ccc(F)cc1C(=O)NCc1ccc(CN(C)C)cc1. The van der Waals surface area contributed by atoms with E-state index in [2.05, 4.69) is 22.3 Å². The van der Waals surface area contributed by atoms with Crippen LogP contribution in [0.1, 0.15) is 27.0 Å². The average molecular weight is 300 g/mol. The first kappa shape index (κ1) is 16.2. The second-order valence-corrected chi connectivity index (χ2v) is 5.70. The molecule has 2 rings (SSSR count). The van der Waals surface area contributed by atoms with Crippen molar-refractivity contribution in [1.29, 1.82) is 0 Å². The van der Waals surface area contributed by atoms with Gasteiger partial charge in [-0.3, -0.25) is 4.79 Å². The van der Waals surface area contributed by atoms with E-state index in [0.29, 0.717) is 12.1 Å². The van der Waals surface area contributed by atoms with E-state index in [1.807, 2.05) is 26.2 Å². The first-order valence-corrected chi connectivity index (χ1v) is 7.22. The summed E-state index contributed by atoms with van der Waals surface area (Å²) < 4.78 is 13.2. The molecule has 0 atom stereocenters. The lowest BCUT2D eigenvalue weighted by Gasteiger charge is -2.11. The van der Waals surface area contributed by atoms with Gasteiger partial charge in [0.15, 0.2) is 0 Å². The molecule has 0 saturated heterocycles. The van der Waals surface area contributed by atoms with Gasteiger partial charge in [0.05, 0.1) is 0 Å². The van der Waals surface area contributed by atoms with Crippen LogP contribution < -0.4 is 5.32 Å². The fraction of sp³-hybridized carbons (Fsp3) is 0.278. The van der Waals surface area contributed by atoms with Crippen molar-refractivity contribution < 1.29 is 9.18 Å². The predicted molar refractivity (Wildman–Crippen MR) is 86.1 cm³/mol. The molecule has 0 unspecified atom stereocenters. The third-order valence-corrected chi connectivity index (χ3v) is 3.42. The monoisotopic (exact) mass is 300 g/mol. The van der Waals surface area contributed by atoms with Gasteiger partial charge in [-0.25, -0.2) is 4.39 Å². The van der Waals surface area contributed by atoms with Crippen LogP contribution in [-0.4, -0.2) is 24.9 Å². The van der Waals surface area contributed by atoms with E-state index in [9.17, 15) is 9.18 Å². The fourth-order valence-electron chi connectivity index (χ4n) is 2.24. The van der Waals surface area contributed by atoms with Gasteiger partial charge in [0, 0.05) is 18.7 Å². The standard InChI is InChI=1S/C18H21FN2O/c1-13-4-9-16(19)10-17(13)18(22)20-11-14-5-7-15(8-6-14)12-21(2)3/h4-10H,11-12H2,1-3H3,(H,20,22). The van der Waals surface area contributed by atoms with Gasteiger partial charge in [-0.2, -0.15) is 0 Å². The molecule has 0 spiro atoms. The molecule has 0 heterocycles. The number of nitrogens with zero attached hydrogens (tertiary/aromatic N) is 1. The summed E-state index contributed by atoms with van der Waals surface area (Å²) >= 11 is 0. The summed E-state index contributed by atoms with van der Waals surface area (Å²) in [5.74, 6) is -0.654. The third-order valence-electron chi connectivity index (χ3n) is 3.42. The van der Waals surface area contributed by atoms with Crippen LogP contribution in [-0.2, 0) is 13.1 Å². The molecule has 0 aliphatic carbocycles. The minimum absolute atomic E-state index is 0.255. The van der Waals surface area contributed by atoms with Crippen molar-refractivity contribution in [2.75, 3.05) is 14.1 Å². The Morgan fingerprint density at radius 3 is 2.36 bits per heavy atom. The zero-order valence-corrected chi connectivity index (χ0v) is 13.2. The Kier molecular flexibility index (Phi) is 5.28. The van der Waals surface area contributed by atoms with E-state index in [-0.39, 0.29) is 5.91 Å². The normalized spacial score (nSPS) is 10.8. The maximum atomic E-state index is 13.2. The molecule has 0 aliphatic heterocycles. The Hall–Kier alpha value is -2.20. The topological polar surface area (TPSA) is 32.3 Å². The molecule has 0 saturated carbocycles. The van der Waals surface area contributed by atoms with Crippen LogP contribution in [0.5, 0.6) is 0 Å². The Morgan fingerprint density at radius 1 is 1.09 bits per heavy atom. The van der Waals surface area contributed by atoms with Gasteiger partial charge in [0.1, 0.15) is 5.82 Å². The molecular weight excluding hydrogens is 279 g/mol. The summed E-state index contributed by atoms with van der Waals surface area (Å²) in [6.45, 7) is 3.11. The molecule has 0 radical (unpaired) electrons. The Balaban J connectivity index is 1.97. The summed E-state index contributed by atoms with van der Waals surface area (Å²) in [4.78, 5) is 14.2. The summed E-state index contributed by atoms with van der Waals surface area (Å²) in [6.07, 6.45) is 0. The Bertz CT molecular complexity index is 651. The van der Waals surface area contributed by atoms with Crippen LogP contribution in [0.3, 0.4) is 0 Å². The summed E-state index contributed by atoms with van der Waals surface area (Å²) in [5, 5.41) is 2.83. The molecule has 4 heteroatoms. The largest absolute Gasteiger partial charge is 0.348 e. The molecule has 0 fully saturated rings. The molecule has 3 nitrogen and oxygen atoms in total. The summed E-state index contributed by atoms with van der Waals surface area (Å²) in [5.41, 5.74) is 3.38. The number of benzene rings is 2. The zero-order chi connectivity index (χ0) is 16.1. The van der Waals surface area contributed by atoms with Gasteiger partial charge < -0.3 is 10.2 Å². The van der Waals surface area contributed by atoms with Crippen molar-refractivity contribution >= 4 is 5.91 Å². The van der Waals surface area contributed by atoms with Crippen molar-refractivity contribution in [2.24, 2.45) is 0 Å². The summed E-state index contributed by atoms with van der Waals surface area (Å²) in [7, 11) is 4.05. The number of halogens is 1. The minimum atomic E-state index is -0.399. The highest BCUT2D eigenvalue weighted by atomic mass is 19.1. The van der Waals surface area contributed by atoms with Crippen molar-refractivity contribution in [3.05, 3.63) is 70.5 Å². The van der Waals surface area contributed by atoms with Gasteiger partial charge in [0.25, 0.3) is 5.91 Å². The highest BCUT2D eigenvalue weighted by molar-refractivity contribution is 5.95. The predicted octanol–water partition coefficient (Wildman–Crippen LogP) is 3.13. The molecule has 116 valence electrons. The number of aryl methyl sites for hydroxylation is 1. The van der Waals surface area contributed by atoms with E-state index < -0.39 is 5.82 Å². The maximum Gasteiger partial charge on any atom is 0.251 e. The van der Waals surface area contributed by atoms with E-state index >= 15 is 0 Å². The number of carbonyl (C=O) groups excluding carboxylic acids is 1. The van der Waals surface area contributed by atoms with E-state index in [4.69, 9.17) is 0 Å². The summed E-state index contributed by atoms with van der Waals surface area (Å²) in [6, 6.07) is 12.3. The van der Waals surface area contributed by atoms with E-state index in [0.717, 1.165) is 17.7 Å². The first-order chi connectivity index (χ1) is 10.5. The lowest BCUT2D eigenvalue weighted by molar-refractivity contribution is 0.0950. The van der Waals surface area contributed by atoms with Gasteiger partial charge in [-0.1, -0.05) is 30.3 Å². The highest BCUT2D eigenvalue weighted by Gasteiger charge is 2.09. The van der Waals surface area contributed by atoms with Crippen LogP contribution in [0.4, 0.5) is 4.39 Å². The van der Waals surface area contributed by atoms with Crippen molar-refractivity contribution in [3.8, 4) is 0 Å².